The van der Waals surface area contributed by atoms with E-state index >= 15 is 0 Å². The van der Waals surface area contributed by atoms with E-state index in [1.54, 1.807) is 0 Å². The Kier molecular flexibility index (Phi) is 5.87. The van der Waals surface area contributed by atoms with E-state index < -0.39 is 0 Å². The first-order valence-corrected chi connectivity index (χ1v) is 6.18. The number of rotatable bonds is 7. The number of benzene rings is 1. The zero-order valence-electron chi connectivity index (χ0n) is 10.5. The van der Waals surface area contributed by atoms with Crippen LogP contribution in [0.15, 0.2) is 36.9 Å². The molecule has 0 heterocycles. The van der Waals surface area contributed by atoms with Crippen LogP contribution in [-0.2, 0) is 0 Å². The molecule has 0 radical (unpaired) electrons. The average molecular weight is 217 g/mol. The van der Waals surface area contributed by atoms with Gasteiger partial charge in [0.25, 0.3) is 0 Å². The van der Waals surface area contributed by atoms with Gasteiger partial charge in [0.1, 0.15) is 0 Å². The molecular weight excluding hydrogens is 194 g/mol. The summed E-state index contributed by atoms with van der Waals surface area (Å²) in [5, 5.41) is 3.60. The van der Waals surface area contributed by atoms with E-state index in [4.69, 9.17) is 0 Å². The summed E-state index contributed by atoms with van der Waals surface area (Å²) >= 11 is 0. The molecule has 0 saturated heterocycles. The van der Waals surface area contributed by atoms with Crippen molar-refractivity contribution in [3.05, 3.63) is 48.0 Å². The minimum Gasteiger partial charge on any atom is -0.310 e. The molecule has 1 aromatic carbocycles. The van der Waals surface area contributed by atoms with Crippen LogP contribution in [0.2, 0.25) is 0 Å². The van der Waals surface area contributed by atoms with Gasteiger partial charge in [-0.1, -0.05) is 42.8 Å². The fraction of sp³-hybridized carbons (Fsp3) is 0.467. The molecule has 1 rings (SSSR count). The summed E-state index contributed by atoms with van der Waals surface area (Å²) in [4.78, 5) is 0. The summed E-state index contributed by atoms with van der Waals surface area (Å²) in [5.41, 5.74) is 2.73. The van der Waals surface area contributed by atoms with Crippen LogP contribution in [-0.4, -0.2) is 6.54 Å². The van der Waals surface area contributed by atoms with Crippen LogP contribution in [0.3, 0.4) is 0 Å². The van der Waals surface area contributed by atoms with Crippen molar-refractivity contribution in [1.82, 2.24) is 5.32 Å². The van der Waals surface area contributed by atoms with Gasteiger partial charge in [0.15, 0.2) is 0 Å². The Morgan fingerprint density at radius 3 is 2.88 bits per heavy atom. The van der Waals surface area contributed by atoms with Crippen LogP contribution in [0.1, 0.15) is 43.4 Å². The van der Waals surface area contributed by atoms with Crippen LogP contribution >= 0.6 is 0 Å². The van der Waals surface area contributed by atoms with Crippen LogP contribution in [0.5, 0.6) is 0 Å². The summed E-state index contributed by atoms with van der Waals surface area (Å²) in [6.45, 7) is 9.22. The van der Waals surface area contributed by atoms with Gasteiger partial charge in [0, 0.05) is 6.04 Å². The molecule has 1 aromatic rings. The molecule has 1 heteroatoms. The van der Waals surface area contributed by atoms with Gasteiger partial charge >= 0.3 is 0 Å². The third kappa shape index (κ3) is 4.19. The summed E-state index contributed by atoms with van der Waals surface area (Å²) in [7, 11) is 0. The molecule has 0 fully saturated rings. The van der Waals surface area contributed by atoms with Crippen molar-refractivity contribution < 1.29 is 0 Å². The van der Waals surface area contributed by atoms with Gasteiger partial charge in [-0.15, -0.1) is 6.58 Å². The van der Waals surface area contributed by atoms with Gasteiger partial charge < -0.3 is 5.32 Å². The molecule has 0 aliphatic rings. The van der Waals surface area contributed by atoms with Crippen molar-refractivity contribution in [3.63, 3.8) is 0 Å². The summed E-state index contributed by atoms with van der Waals surface area (Å²) in [6, 6.07) is 9.24. The van der Waals surface area contributed by atoms with E-state index in [9.17, 15) is 0 Å². The van der Waals surface area contributed by atoms with Gasteiger partial charge in [-0.05, 0) is 38.3 Å². The van der Waals surface area contributed by atoms with Crippen LogP contribution in [0.25, 0.3) is 0 Å². The highest BCUT2D eigenvalue weighted by Gasteiger charge is 2.09. The lowest BCUT2D eigenvalue weighted by Gasteiger charge is -2.18. The highest BCUT2D eigenvalue weighted by Crippen LogP contribution is 2.19. The first-order valence-electron chi connectivity index (χ1n) is 6.18. The summed E-state index contributed by atoms with van der Waals surface area (Å²) in [5.74, 6) is 0. The van der Waals surface area contributed by atoms with Crippen LogP contribution < -0.4 is 5.32 Å². The van der Waals surface area contributed by atoms with Crippen LogP contribution in [0, 0.1) is 6.92 Å². The molecule has 0 aliphatic heterocycles. The quantitative estimate of drug-likeness (QED) is 0.681. The van der Waals surface area contributed by atoms with E-state index in [2.05, 4.69) is 50.0 Å². The number of hydrogen-bond donors (Lipinski definition) is 1. The van der Waals surface area contributed by atoms with Gasteiger partial charge in [-0.3, -0.25) is 0 Å². The smallest absolute Gasteiger partial charge is 0.0323 e. The molecule has 0 bridgehead atoms. The Hall–Kier alpha value is -1.08. The molecule has 1 unspecified atom stereocenters. The van der Waals surface area contributed by atoms with Crippen molar-refractivity contribution in [2.75, 3.05) is 6.54 Å². The Morgan fingerprint density at radius 1 is 1.44 bits per heavy atom. The van der Waals surface area contributed by atoms with Crippen molar-refractivity contribution in [2.45, 2.75) is 39.2 Å². The van der Waals surface area contributed by atoms with Gasteiger partial charge in [0.2, 0.25) is 0 Å². The Balaban J connectivity index is 2.69. The van der Waals surface area contributed by atoms with E-state index in [0.717, 1.165) is 19.4 Å². The maximum atomic E-state index is 3.80. The standard InChI is InChI=1S/C15H23N/c1-4-6-10-15(16-11-5-2)14-9-7-8-13(3)12-14/h4,7-9,12,15-16H,1,5-6,10-11H2,2-3H3. The molecule has 1 nitrogen and oxygen atoms in total. The van der Waals surface area contributed by atoms with Crippen molar-refractivity contribution in [3.8, 4) is 0 Å². The Labute approximate surface area is 99.6 Å². The third-order valence-electron chi connectivity index (χ3n) is 2.74. The number of hydrogen-bond acceptors (Lipinski definition) is 1. The van der Waals surface area contributed by atoms with Crippen molar-refractivity contribution >= 4 is 0 Å². The molecule has 0 saturated carbocycles. The highest BCUT2D eigenvalue weighted by molar-refractivity contribution is 5.25. The third-order valence-corrected chi connectivity index (χ3v) is 2.74. The van der Waals surface area contributed by atoms with E-state index in [1.165, 1.54) is 17.5 Å². The zero-order chi connectivity index (χ0) is 11.8. The second kappa shape index (κ2) is 7.24. The minimum absolute atomic E-state index is 0.470. The first kappa shape index (κ1) is 13.0. The predicted octanol–water partition coefficient (Wildman–Crippen LogP) is 4.00. The lowest BCUT2D eigenvalue weighted by atomic mass is 10.00. The molecule has 0 aliphatic carbocycles. The number of aryl methyl sites for hydroxylation is 1. The van der Waals surface area contributed by atoms with Crippen molar-refractivity contribution in [1.29, 1.82) is 0 Å². The molecule has 0 aromatic heterocycles. The fourth-order valence-electron chi connectivity index (χ4n) is 1.88. The van der Waals surface area contributed by atoms with E-state index in [0.29, 0.717) is 6.04 Å². The Morgan fingerprint density at radius 2 is 2.25 bits per heavy atom. The summed E-state index contributed by atoms with van der Waals surface area (Å²) in [6.07, 6.45) is 5.37. The van der Waals surface area contributed by atoms with Gasteiger partial charge in [-0.25, -0.2) is 0 Å². The SMILES string of the molecule is C=CCCC(NCCC)c1cccc(C)c1. The highest BCUT2D eigenvalue weighted by atomic mass is 14.9. The average Bonchev–Trinajstić information content (AvgIpc) is 2.29. The minimum atomic E-state index is 0.470. The topological polar surface area (TPSA) is 12.0 Å². The molecule has 16 heavy (non-hydrogen) atoms. The maximum absolute atomic E-state index is 3.80. The van der Waals surface area contributed by atoms with Crippen molar-refractivity contribution in [2.24, 2.45) is 0 Å². The van der Waals surface area contributed by atoms with Gasteiger partial charge in [-0.2, -0.15) is 0 Å². The normalized spacial score (nSPS) is 12.4. The van der Waals surface area contributed by atoms with E-state index in [1.807, 2.05) is 6.08 Å². The Bertz CT molecular complexity index is 317. The second-order valence-electron chi connectivity index (χ2n) is 4.29. The van der Waals surface area contributed by atoms with Gasteiger partial charge in [0.05, 0.1) is 0 Å². The summed E-state index contributed by atoms with van der Waals surface area (Å²) < 4.78 is 0. The molecule has 1 atom stereocenters. The second-order valence-corrected chi connectivity index (χ2v) is 4.29. The molecule has 88 valence electrons. The maximum Gasteiger partial charge on any atom is 0.0323 e. The molecule has 0 amide bonds. The zero-order valence-corrected chi connectivity index (χ0v) is 10.5. The van der Waals surface area contributed by atoms with Crippen LogP contribution in [0.4, 0.5) is 0 Å². The number of allylic oxidation sites excluding steroid dienone is 1. The largest absolute Gasteiger partial charge is 0.310 e. The molecular formula is C15H23N. The lowest BCUT2D eigenvalue weighted by molar-refractivity contribution is 0.503. The van der Waals surface area contributed by atoms with E-state index in [-0.39, 0.29) is 0 Å². The molecule has 1 N–H and O–H groups in total. The molecule has 0 spiro atoms. The lowest BCUT2D eigenvalue weighted by Crippen LogP contribution is -2.22. The fourth-order valence-corrected chi connectivity index (χ4v) is 1.88. The number of nitrogens with one attached hydrogen (secondary N) is 1. The predicted molar refractivity (Wildman–Crippen MR) is 71.6 cm³/mol. The monoisotopic (exact) mass is 217 g/mol. The first-order chi connectivity index (χ1) is 7.77.